The van der Waals surface area contributed by atoms with Gasteiger partial charge >= 0.3 is 0 Å². The number of nitrogens with zero attached hydrogens (tertiary/aromatic N) is 4. The quantitative estimate of drug-likeness (QED) is 0.759. The van der Waals surface area contributed by atoms with E-state index in [1.54, 1.807) is 12.4 Å². The van der Waals surface area contributed by atoms with Gasteiger partial charge in [-0.1, -0.05) is 0 Å². The molecule has 66 valence electrons. The van der Waals surface area contributed by atoms with Crippen LogP contribution in [0, 0.1) is 0 Å². The smallest absolute Gasteiger partial charge is 0.200 e. The monoisotopic (exact) mass is 238 g/mol. The average molecular weight is 239 g/mol. The highest BCUT2D eigenvalue weighted by molar-refractivity contribution is 9.10. The Bertz CT molecular complexity index is 409. The fourth-order valence-corrected chi connectivity index (χ4v) is 1.31. The zero-order valence-corrected chi connectivity index (χ0v) is 8.56. The first-order valence-corrected chi connectivity index (χ1v) is 4.53. The van der Waals surface area contributed by atoms with Crippen LogP contribution in [0.4, 0.5) is 0 Å². The third kappa shape index (κ3) is 1.47. The van der Waals surface area contributed by atoms with Crippen LogP contribution in [0.3, 0.4) is 0 Å². The predicted octanol–water partition coefficient (Wildman–Crippen LogP) is 1.64. The van der Waals surface area contributed by atoms with Gasteiger partial charge in [-0.2, -0.15) is 0 Å². The third-order valence-corrected chi connectivity index (χ3v) is 2.45. The molecule has 2 aromatic heterocycles. The minimum absolute atomic E-state index is 0.722. The van der Waals surface area contributed by atoms with Crippen LogP contribution in [-0.2, 0) is 7.05 Å². The van der Waals surface area contributed by atoms with E-state index in [-0.39, 0.29) is 0 Å². The molecule has 0 aliphatic carbocycles. The van der Waals surface area contributed by atoms with Gasteiger partial charge in [0.1, 0.15) is 0 Å². The van der Waals surface area contributed by atoms with Gasteiger partial charge in [0.2, 0.25) is 0 Å². The van der Waals surface area contributed by atoms with Gasteiger partial charge in [-0.05, 0) is 28.1 Å². The summed E-state index contributed by atoms with van der Waals surface area (Å²) in [6, 6.07) is 3.80. The van der Waals surface area contributed by atoms with Crippen molar-refractivity contribution in [3.63, 3.8) is 0 Å². The molecule has 0 saturated carbocycles. The van der Waals surface area contributed by atoms with Gasteiger partial charge in [-0.3, -0.25) is 4.98 Å². The summed E-state index contributed by atoms with van der Waals surface area (Å²) in [6.45, 7) is 0. The zero-order valence-electron chi connectivity index (χ0n) is 6.98. The van der Waals surface area contributed by atoms with Crippen LogP contribution in [0.2, 0.25) is 0 Å². The maximum Gasteiger partial charge on any atom is 0.200 e. The molecule has 0 unspecified atom stereocenters. The molecule has 13 heavy (non-hydrogen) atoms. The second kappa shape index (κ2) is 3.26. The lowest BCUT2D eigenvalue weighted by molar-refractivity contribution is 0.888. The summed E-state index contributed by atoms with van der Waals surface area (Å²) in [7, 11) is 1.90. The van der Waals surface area contributed by atoms with Gasteiger partial charge in [-0.25, -0.2) is 0 Å². The number of halogens is 1. The molecular weight excluding hydrogens is 232 g/mol. The first-order chi connectivity index (χ1) is 6.29. The number of hydrogen-bond donors (Lipinski definition) is 0. The summed E-state index contributed by atoms with van der Waals surface area (Å²) >= 11 is 3.29. The van der Waals surface area contributed by atoms with E-state index in [0.29, 0.717) is 0 Å². The van der Waals surface area contributed by atoms with Crippen molar-refractivity contribution < 1.29 is 0 Å². The Morgan fingerprint density at radius 1 is 1.23 bits per heavy atom. The molecule has 0 saturated heterocycles. The summed E-state index contributed by atoms with van der Waals surface area (Å²) < 4.78 is 2.59. The molecule has 2 heterocycles. The maximum atomic E-state index is 4.02. The van der Waals surface area contributed by atoms with Crippen molar-refractivity contribution in [1.82, 2.24) is 19.7 Å². The van der Waals surface area contributed by atoms with Crippen molar-refractivity contribution in [2.75, 3.05) is 0 Å². The lowest BCUT2D eigenvalue weighted by atomic mass is 10.2. The Hall–Kier alpha value is -1.23. The van der Waals surface area contributed by atoms with Gasteiger partial charge in [0, 0.05) is 25.0 Å². The molecule has 0 fully saturated rings. The highest BCUT2D eigenvalue weighted by atomic mass is 79.9. The maximum absolute atomic E-state index is 4.02. The summed E-state index contributed by atoms with van der Waals surface area (Å²) in [5.41, 5.74) is 1.01. The topological polar surface area (TPSA) is 43.6 Å². The van der Waals surface area contributed by atoms with Crippen molar-refractivity contribution in [1.29, 1.82) is 0 Å². The van der Waals surface area contributed by atoms with E-state index < -0.39 is 0 Å². The van der Waals surface area contributed by atoms with Crippen LogP contribution >= 0.6 is 15.9 Å². The summed E-state index contributed by atoms with van der Waals surface area (Å²) in [4.78, 5) is 3.94. The van der Waals surface area contributed by atoms with E-state index in [4.69, 9.17) is 0 Å². The van der Waals surface area contributed by atoms with E-state index >= 15 is 0 Å². The Labute approximate surface area is 83.8 Å². The van der Waals surface area contributed by atoms with Gasteiger partial charge in [-0.15, -0.1) is 10.2 Å². The van der Waals surface area contributed by atoms with Crippen molar-refractivity contribution in [3.05, 3.63) is 29.3 Å². The molecule has 2 aromatic rings. The molecule has 5 heteroatoms. The largest absolute Gasteiger partial charge is 0.305 e. The number of rotatable bonds is 1. The molecule has 0 aliphatic heterocycles. The summed E-state index contributed by atoms with van der Waals surface area (Å²) in [6.07, 6.45) is 3.47. The fourth-order valence-electron chi connectivity index (χ4n) is 1.06. The van der Waals surface area contributed by atoms with Gasteiger partial charge in [0.15, 0.2) is 10.6 Å². The Morgan fingerprint density at radius 2 is 1.92 bits per heavy atom. The average Bonchev–Trinajstić information content (AvgIpc) is 2.49. The third-order valence-electron chi connectivity index (χ3n) is 1.76. The fraction of sp³-hybridized carbons (Fsp3) is 0.125. The predicted molar refractivity (Wildman–Crippen MR) is 51.9 cm³/mol. The van der Waals surface area contributed by atoms with Gasteiger partial charge in [0.05, 0.1) is 0 Å². The molecule has 0 aromatic carbocycles. The zero-order chi connectivity index (χ0) is 9.26. The van der Waals surface area contributed by atoms with Crippen LogP contribution in [0.15, 0.2) is 29.3 Å². The molecule has 0 spiro atoms. The highest BCUT2D eigenvalue weighted by Crippen LogP contribution is 2.17. The number of aromatic nitrogens is 4. The van der Waals surface area contributed by atoms with Crippen LogP contribution in [0.1, 0.15) is 0 Å². The molecule has 0 atom stereocenters. The molecule has 4 nitrogen and oxygen atoms in total. The SMILES string of the molecule is Cn1c(Br)nnc1-c1ccncc1. The van der Waals surface area contributed by atoms with Crippen LogP contribution in [0.5, 0.6) is 0 Å². The van der Waals surface area contributed by atoms with E-state index in [0.717, 1.165) is 16.1 Å². The second-order valence-electron chi connectivity index (χ2n) is 2.59. The van der Waals surface area contributed by atoms with Crippen LogP contribution < -0.4 is 0 Å². The number of hydrogen-bond acceptors (Lipinski definition) is 3. The Kier molecular flexibility index (Phi) is 2.10. The number of pyridine rings is 1. The molecule has 0 radical (unpaired) electrons. The highest BCUT2D eigenvalue weighted by Gasteiger charge is 2.06. The molecule has 0 N–H and O–H groups in total. The van der Waals surface area contributed by atoms with Gasteiger partial charge < -0.3 is 4.57 Å². The Morgan fingerprint density at radius 3 is 2.46 bits per heavy atom. The first kappa shape index (κ1) is 8.37. The summed E-state index contributed by atoms with van der Waals surface area (Å²) in [5.74, 6) is 0.828. The van der Waals surface area contributed by atoms with Crippen molar-refractivity contribution in [3.8, 4) is 11.4 Å². The normalized spacial score (nSPS) is 10.3. The second-order valence-corrected chi connectivity index (χ2v) is 3.30. The van der Waals surface area contributed by atoms with Gasteiger partial charge in [0.25, 0.3) is 0 Å². The Balaban J connectivity index is 2.53. The summed E-state index contributed by atoms with van der Waals surface area (Å²) in [5, 5.41) is 7.93. The van der Waals surface area contributed by atoms with Crippen LogP contribution in [-0.4, -0.2) is 19.7 Å². The lowest BCUT2D eigenvalue weighted by Gasteiger charge is -1.98. The van der Waals surface area contributed by atoms with Crippen molar-refractivity contribution >= 4 is 15.9 Å². The first-order valence-electron chi connectivity index (χ1n) is 3.74. The van der Waals surface area contributed by atoms with E-state index in [1.165, 1.54) is 0 Å². The van der Waals surface area contributed by atoms with Crippen molar-refractivity contribution in [2.45, 2.75) is 0 Å². The minimum Gasteiger partial charge on any atom is -0.305 e. The molecule has 0 aliphatic rings. The minimum atomic E-state index is 0.722. The molecule has 0 bridgehead atoms. The van der Waals surface area contributed by atoms with Crippen LogP contribution in [0.25, 0.3) is 11.4 Å². The van der Waals surface area contributed by atoms with E-state index in [2.05, 4.69) is 31.1 Å². The van der Waals surface area contributed by atoms with E-state index in [1.807, 2.05) is 23.7 Å². The van der Waals surface area contributed by atoms with E-state index in [9.17, 15) is 0 Å². The lowest BCUT2D eigenvalue weighted by Crippen LogP contribution is -1.92. The van der Waals surface area contributed by atoms with Crippen molar-refractivity contribution in [2.24, 2.45) is 7.05 Å². The molecule has 0 amide bonds. The standard InChI is InChI=1S/C8H7BrN4/c1-13-7(11-12-8(13)9)6-2-4-10-5-3-6/h2-5H,1H3. The molecular formula is C8H7BrN4. The molecule has 2 rings (SSSR count).